The molecule has 2 aliphatic heterocycles. The molecule has 2 rings (SSSR count). The first-order valence-electron chi connectivity index (χ1n) is 4.05. The Morgan fingerprint density at radius 3 is 2.83 bits per heavy atom. The molecule has 0 aromatic rings. The van der Waals surface area contributed by atoms with Gasteiger partial charge in [0.2, 0.25) is 5.91 Å². The van der Waals surface area contributed by atoms with E-state index in [0.717, 1.165) is 11.6 Å². The molecule has 68 valence electrons. The standard InChI is InChI=1S/C7H12N2O2S/c10-5-1-9(2-5)7(11)6-3-12-4-8-6/h5-6,8,10H,1-4H2. The summed E-state index contributed by atoms with van der Waals surface area (Å²) < 4.78 is 0. The van der Waals surface area contributed by atoms with Crippen molar-refractivity contribution >= 4 is 17.7 Å². The lowest BCUT2D eigenvalue weighted by Gasteiger charge is -2.37. The van der Waals surface area contributed by atoms with Crippen LogP contribution in [0.1, 0.15) is 0 Å². The number of nitrogens with one attached hydrogen (secondary N) is 1. The van der Waals surface area contributed by atoms with E-state index < -0.39 is 0 Å². The van der Waals surface area contributed by atoms with E-state index in [0.29, 0.717) is 13.1 Å². The van der Waals surface area contributed by atoms with Crippen LogP contribution in [0.4, 0.5) is 0 Å². The third-order valence-corrected chi connectivity index (χ3v) is 3.13. The molecule has 2 saturated heterocycles. The Bertz CT molecular complexity index is 188. The molecule has 0 bridgehead atoms. The van der Waals surface area contributed by atoms with Crippen molar-refractivity contribution in [2.45, 2.75) is 12.1 Å². The molecule has 1 unspecified atom stereocenters. The van der Waals surface area contributed by atoms with Crippen LogP contribution in [0.2, 0.25) is 0 Å². The van der Waals surface area contributed by atoms with Crippen LogP contribution in [0.5, 0.6) is 0 Å². The average molecular weight is 188 g/mol. The van der Waals surface area contributed by atoms with Crippen molar-refractivity contribution < 1.29 is 9.90 Å². The van der Waals surface area contributed by atoms with Gasteiger partial charge in [-0.05, 0) is 0 Å². The van der Waals surface area contributed by atoms with Crippen molar-refractivity contribution in [1.29, 1.82) is 0 Å². The molecular weight excluding hydrogens is 176 g/mol. The number of hydrogen-bond acceptors (Lipinski definition) is 4. The number of aliphatic hydroxyl groups is 1. The fourth-order valence-corrected chi connectivity index (χ4v) is 2.34. The van der Waals surface area contributed by atoms with Gasteiger partial charge in [-0.2, -0.15) is 0 Å². The van der Waals surface area contributed by atoms with Gasteiger partial charge in [-0.25, -0.2) is 0 Å². The second-order valence-electron chi connectivity index (χ2n) is 3.17. The third-order valence-electron chi connectivity index (χ3n) is 2.19. The van der Waals surface area contributed by atoms with Crippen LogP contribution in [0, 0.1) is 0 Å². The van der Waals surface area contributed by atoms with Crippen LogP contribution < -0.4 is 5.32 Å². The number of likely N-dealkylation sites (tertiary alicyclic amines) is 1. The predicted molar refractivity (Wildman–Crippen MR) is 46.8 cm³/mol. The van der Waals surface area contributed by atoms with Gasteiger partial charge in [0.05, 0.1) is 12.1 Å². The summed E-state index contributed by atoms with van der Waals surface area (Å²) in [6, 6.07) is -0.0116. The molecule has 12 heavy (non-hydrogen) atoms. The molecule has 0 aromatic carbocycles. The van der Waals surface area contributed by atoms with Crippen molar-refractivity contribution in [2.24, 2.45) is 0 Å². The van der Waals surface area contributed by atoms with Gasteiger partial charge in [0, 0.05) is 24.7 Å². The summed E-state index contributed by atoms with van der Waals surface area (Å²) in [5, 5.41) is 12.1. The molecule has 0 aromatic heterocycles. The van der Waals surface area contributed by atoms with Gasteiger partial charge < -0.3 is 10.0 Å². The number of carbonyl (C=O) groups excluding carboxylic acids is 1. The smallest absolute Gasteiger partial charge is 0.240 e. The summed E-state index contributed by atoms with van der Waals surface area (Å²) in [4.78, 5) is 13.2. The number of thioether (sulfide) groups is 1. The van der Waals surface area contributed by atoms with Crippen LogP contribution in [0.15, 0.2) is 0 Å². The molecule has 2 heterocycles. The number of amides is 1. The number of rotatable bonds is 1. The van der Waals surface area contributed by atoms with Crippen molar-refractivity contribution in [3.05, 3.63) is 0 Å². The van der Waals surface area contributed by atoms with Crippen LogP contribution in [0.3, 0.4) is 0 Å². The number of β-amino-alcohol motifs (C(OH)–C–C–N with tert-alkyl or cyclic N) is 1. The van der Waals surface area contributed by atoms with Gasteiger partial charge in [-0.1, -0.05) is 0 Å². The maximum atomic E-state index is 11.5. The van der Waals surface area contributed by atoms with Gasteiger partial charge in [-0.3, -0.25) is 10.1 Å². The van der Waals surface area contributed by atoms with Crippen LogP contribution >= 0.6 is 11.8 Å². The molecular formula is C7H12N2O2S. The quantitative estimate of drug-likeness (QED) is 0.546. The van der Waals surface area contributed by atoms with Gasteiger partial charge in [0.15, 0.2) is 0 Å². The zero-order chi connectivity index (χ0) is 8.55. The minimum atomic E-state index is -0.289. The Balaban J connectivity index is 1.83. The van der Waals surface area contributed by atoms with Crippen LogP contribution in [0.25, 0.3) is 0 Å². The first-order chi connectivity index (χ1) is 5.77. The summed E-state index contributed by atoms with van der Waals surface area (Å²) in [5.74, 6) is 1.88. The van der Waals surface area contributed by atoms with E-state index in [1.165, 1.54) is 0 Å². The SMILES string of the molecule is O=C(C1CSCN1)N1CC(O)C1. The second-order valence-corrected chi connectivity index (χ2v) is 4.20. The molecule has 0 spiro atoms. The Kier molecular flexibility index (Phi) is 2.25. The van der Waals surface area contributed by atoms with E-state index in [2.05, 4.69) is 5.32 Å². The Morgan fingerprint density at radius 2 is 2.33 bits per heavy atom. The fourth-order valence-electron chi connectivity index (χ4n) is 1.41. The third kappa shape index (κ3) is 1.44. The zero-order valence-corrected chi connectivity index (χ0v) is 7.51. The minimum Gasteiger partial charge on any atom is -0.389 e. The molecule has 0 saturated carbocycles. The van der Waals surface area contributed by atoms with E-state index in [4.69, 9.17) is 5.11 Å². The summed E-state index contributed by atoms with van der Waals surface area (Å²) in [7, 11) is 0. The number of aliphatic hydroxyl groups excluding tert-OH is 1. The van der Waals surface area contributed by atoms with E-state index in [9.17, 15) is 4.79 Å². The van der Waals surface area contributed by atoms with Crippen molar-refractivity contribution in [3.63, 3.8) is 0 Å². The topological polar surface area (TPSA) is 52.6 Å². The highest BCUT2D eigenvalue weighted by molar-refractivity contribution is 7.99. The van der Waals surface area contributed by atoms with Gasteiger partial charge in [0.1, 0.15) is 0 Å². The summed E-state index contributed by atoms with van der Waals surface area (Å²) >= 11 is 1.74. The zero-order valence-electron chi connectivity index (χ0n) is 6.69. The number of hydrogen-bond donors (Lipinski definition) is 2. The van der Waals surface area contributed by atoms with Crippen molar-refractivity contribution in [2.75, 3.05) is 24.7 Å². The van der Waals surface area contributed by atoms with Gasteiger partial charge >= 0.3 is 0 Å². The normalized spacial score (nSPS) is 30.4. The van der Waals surface area contributed by atoms with E-state index >= 15 is 0 Å². The molecule has 1 amide bonds. The molecule has 5 heteroatoms. The first-order valence-corrected chi connectivity index (χ1v) is 5.21. The second kappa shape index (κ2) is 3.24. The molecule has 2 fully saturated rings. The number of nitrogens with zero attached hydrogens (tertiary/aromatic N) is 1. The first kappa shape index (κ1) is 8.34. The Labute approximate surface area is 75.3 Å². The van der Waals surface area contributed by atoms with Gasteiger partial charge in [0.25, 0.3) is 0 Å². The predicted octanol–water partition coefficient (Wildman–Crippen LogP) is -1.15. The van der Waals surface area contributed by atoms with E-state index in [1.54, 1.807) is 16.7 Å². The maximum absolute atomic E-state index is 11.5. The summed E-state index contributed by atoms with van der Waals surface area (Å²) in [6.07, 6.45) is -0.289. The lowest BCUT2D eigenvalue weighted by molar-refractivity contribution is -0.142. The molecule has 4 nitrogen and oxygen atoms in total. The monoisotopic (exact) mass is 188 g/mol. The molecule has 1 atom stereocenters. The maximum Gasteiger partial charge on any atom is 0.240 e. The summed E-state index contributed by atoms with van der Waals surface area (Å²) in [5.41, 5.74) is 0. The van der Waals surface area contributed by atoms with Crippen molar-refractivity contribution in [1.82, 2.24) is 10.2 Å². The van der Waals surface area contributed by atoms with Gasteiger partial charge in [-0.15, -0.1) is 11.8 Å². The van der Waals surface area contributed by atoms with E-state index in [-0.39, 0.29) is 18.1 Å². The van der Waals surface area contributed by atoms with E-state index in [1.807, 2.05) is 0 Å². The largest absolute Gasteiger partial charge is 0.389 e. The van der Waals surface area contributed by atoms with Crippen molar-refractivity contribution in [3.8, 4) is 0 Å². The molecule has 0 aliphatic carbocycles. The van der Waals surface area contributed by atoms with Crippen LogP contribution in [-0.2, 0) is 4.79 Å². The summed E-state index contributed by atoms with van der Waals surface area (Å²) in [6.45, 7) is 1.03. The Morgan fingerprint density at radius 1 is 1.58 bits per heavy atom. The van der Waals surface area contributed by atoms with Crippen LogP contribution in [-0.4, -0.2) is 52.8 Å². The molecule has 0 radical (unpaired) electrons. The molecule has 2 aliphatic rings. The highest BCUT2D eigenvalue weighted by Crippen LogP contribution is 2.15. The lowest BCUT2D eigenvalue weighted by Crippen LogP contribution is -2.58. The lowest BCUT2D eigenvalue weighted by atomic mass is 10.1. The average Bonchev–Trinajstić information content (AvgIpc) is 2.49. The fraction of sp³-hybridized carbons (Fsp3) is 0.857. The number of carbonyl (C=O) groups is 1. The molecule has 2 N–H and O–H groups in total. The highest BCUT2D eigenvalue weighted by Gasteiger charge is 2.34. The Hall–Kier alpha value is -0.260. The highest BCUT2D eigenvalue weighted by atomic mass is 32.2. The minimum absolute atomic E-state index is 0.0116.